The molecule has 0 aromatic rings. The molecule has 0 heterocycles. The summed E-state index contributed by atoms with van der Waals surface area (Å²) in [6, 6.07) is 0. The molecule has 0 spiro atoms. The van der Waals surface area contributed by atoms with Gasteiger partial charge in [-0.05, 0) is 18.3 Å². The van der Waals surface area contributed by atoms with Crippen LogP contribution in [0.2, 0.25) is 0 Å². The van der Waals surface area contributed by atoms with E-state index in [0.717, 1.165) is 19.3 Å². The van der Waals surface area contributed by atoms with Crippen LogP contribution in [0.1, 0.15) is 45.4 Å². The molecule has 0 aromatic carbocycles. The van der Waals surface area contributed by atoms with E-state index in [1.54, 1.807) is 6.92 Å². The van der Waals surface area contributed by atoms with Gasteiger partial charge in [0.2, 0.25) is 0 Å². The first kappa shape index (κ1) is 24.5. The van der Waals surface area contributed by atoms with Crippen LogP contribution in [0.4, 0.5) is 0 Å². The van der Waals surface area contributed by atoms with E-state index >= 15 is 0 Å². The van der Waals surface area contributed by atoms with E-state index in [1.807, 2.05) is 0 Å². The molecule has 1 aliphatic rings. The second kappa shape index (κ2) is 8.39. The maximum absolute atomic E-state index is 11.3. The van der Waals surface area contributed by atoms with Crippen molar-refractivity contribution in [1.82, 2.24) is 0 Å². The van der Waals surface area contributed by atoms with Crippen molar-refractivity contribution in [3.63, 3.8) is 0 Å². The first-order valence-electron chi connectivity index (χ1n) is 5.75. The summed E-state index contributed by atoms with van der Waals surface area (Å²) in [7, 11) is -10.7. The van der Waals surface area contributed by atoms with Crippen molar-refractivity contribution >= 4 is 74.3 Å². The molecule has 5 N–H and O–H groups in total. The molecule has 1 fully saturated rings. The third kappa shape index (κ3) is 5.72. The molecule has 0 saturated heterocycles. The Hall–Kier alpha value is 2.26. The summed E-state index contributed by atoms with van der Waals surface area (Å²) in [6.45, 7) is 1.70. The van der Waals surface area contributed by atoms with E-state index in [2.05, 4.69) is 0 Å². The van der Waals surface area contributed by atoms with Gasteiger partial charge in [-0.15, -0.1) is 0 Å². The molecule has 0 radical (unpaired) electrons. The Balaban J connectivity index is 0. The molecule has 1 saturated carbocycles. The van der Waals surface area contributed by atoms with Gasteiger partial charge in [0.15, 0.2) is 0 Å². The third-order valence-electron chi connectivity index (χ3n) is 3.66. The Labute approximate surface area is 162 Å². The van der Waals surface area contributed by atoms with Gasteiger partial charge in [-0.3, -0.25) is 9.13 Å². The minimum atomic E-state index is -5.33. The topological polar surface area (TPSA) is 135 Å². The summed E-state index contributed by atoms with van der Waals surface area (Å²) in [5.74, 6) is 0. The molecular formula is C9H22Na2O7P2. The van der Waals surface area contributed by atoms with Crippen molar-refractivity contribution in [3.8, 4) is 0 Å². The molecule has 0 bridgehead atoms. The van der Waals surface area contributed by atoms with Crippen molar-refractivity contribution in [2.24, 2.45) is 5.41 Å². The van der Waals surface area contributed by atoms with Crippen LogP contribution < -0.4 is 0 Å². The number of hydrogen-bond donors (Lipinski definition) is 5. The fourth-order valence-electron chi connectivity index (χ4n) is 2.53. The Bertz CT molecular complexity index is 377. The molecule has 0 aliphatic heterocycles. The molecule has 0 aromatic heterocycles. The maximum atomic E-state index is 11.3. The van der Waals surface area contributed by atoms with E-state index in [9.17, 15) is 14.2 Å². The first-order chi connectivity index (χ1) is 7.91. The van der Waals surface area contributed by atoms with Gasteiger partial charge in [0.05, 0.1) is 0 Å². The van der Waals surface area contributed by atoms with Crippen LogP contribution in [0, 0.1) is 5.41 Å². The van der Waals surface area contributed by atoms with Crippen LogP contribution in [-0.4, -0.2) is 88.9 Å². The van der Waals surface area contributed by atoms with Gasteiger partial charge in [-0.1, -0.05) is 26.2 Å². The quantitative estimate of drug-likeness (QED) is 0.357. The number of hydrogen-bond acceptors (Lipinski definition) is 3. The Morgan fingerprint density at radius 3 is 1.60 bits per heavy atom. The van der Waals surface area contributed by atoms with E-state index in [1.165, 1.54) is 0 Å². The number of aliphatic hydroxyl groups is 1. The van der Waals surface area contributed by atoms with Crippen LogP contribution in [-0.2, 0) is 9.13 Å². The molecule has 1 rings (SSSR count). The summed E-state index contributed by atoms with van der Waals surface area (Å²) in [5.41, 5.74) is -0.657. The summed E-state index contributed by atoms with van der Waals surface area (Å²) >= 11 is 0. The van der Waals surface area contributed by atoms with Crippen LogP contribution in [0.5, 0.6) is 0 Å². The summed E-state index contributed by atoms with van der Waals surface area (Å²) in [5, 5.41) is 6.60. The SMILES string of the molecule is CC1(CC(O)(P(=O)(O)O)P(=O)(O)O)CCCCC1.[NaH].[NaH]. The Morgan fingerprint density at radius 1 is 0.950 bits per heavy atom. The predicted molar refractivity (Wildman–Crippen MR) is 79.1 cm³/mol. The zero-order chi connectivity index (χ0) is 14.2. The van der Waals surface area contributed by atoms with Gasteiger partial charge in [0.25, 0.3) is 5.08 Å². The average Bonchev–Trinajstić information content (AvgIpc) is 2.14. The predicted octanol–water partition coefficient (Wildman–Crippen LogP) is 0.0514. The van der Waals surface area contributed by atoms with Gasteiger partial charge in [0, 0.05) is 6.42 Å². The van der Waals surface area contributed by atoms with E-state index in [-0.39, 0.29) is 59.1 Å². The second-order valence-electron chi connectivity index (χ2n) is 5.41. The van der Waals surface area contributed by atoms with Crippen LogP contribution in [0.15, 0.2) is 0 Å². The number of rotatable bonds is 4. The van der Waals surface area contributed by atoms with Gasteiger partial charge >= 0.3 is 74.3 Å². The van der Waals surface area contributed by atoms with Crippen LogP contribution in [0.25, 0.3) is 0 Å². The standard InChI is InChI=1S/C9H20O7P2.2Na.2H/c1-8(5-3-2-4-6-8)7-9(10,17(11,12)13)18(14,15)16;;;;/h10H,2-7H2,1H3,(H2,11,12,13)(H2,14,15,16);;;;. The molecule has 1 aliphatic carbocycles. The zero-order valence-electron chi connectivity index (χ0n) is 10.2. The minimum absolute atomic E-state index is 0. The van der Waals surface area contributed by atoms with Crippen molar-refractivity contribution < 1.29 is 33.8 Å². The average molecular weight is 350 g/mol. The molecule has 20 heavy (non-hydrogen) atoms. The van der Waals surface area contributed by atoms with Crippen molar-refractivity contribution in [2.45, 2.75) is 50.5 Å². The zero-order valence-corrected chi connectivity index (χ0v) is 12.0. The van der Waals surface area contributed by atoms with Gasteiger partial charge < -0.3 is 24.7 Å². The fourth-order valence-corrected chi connectivity index (χ4v) is 5.06. The molecule has 11 heteroatoms. The third-order valence-corrected chi connectivity index (χ3v) is 7.40. The Kier molecular flexibility index (Phi) is 10.3. The summed E-state index contributed by atoms with van der Waals surface area (Å²) in [4.78, 5) is 36.3. The molecular weight excluding hydrogens is 328 g/mol. The van der Waals surface area contributed by atoms with Crippen molar-refractivity contribution in [1.29, 1.82) is 0 Å². The monoisotopic (exact) mass is 350 g/mol. The fraction of sp³-hybridized carbons (Fsp3) is 1.00. The molecule has 0 amide bonds. The summed E-state index contributed by atoms with van der Waals surface area (Å²) in [6.07, 6.45) is 3.24. The first-order valence-corrected chi connectivity index (χ1v) is 8.97. The second-order valence-corrected chi connectivity index (χ2v) is 9.42. The Morgan fingerprint density at radius 2 is 1.30 bits per heavy atom. The molecule has 7 nitrogen and oxygen atoms in total. The van der Waals surface area contributed by atoms with E-state index < -0.39 is 32.1 Å². The molecule has 0 atom stereocenters. The van der Waals surface area contributed by atoms with Gasteiger partial charge in [-0.2, -0.15) is 0 Å². The van der Waals surface area contributed by atoms with Crippen molar-refractivity contribution in [2.75, 3.05) is 0 Å². The van der Waals surface area contributed by atoms with E-state index in [0.29, 0.717) is 12.8 Å². The summed E-state index contributed by atoms with van der Waals surface area (Å²) < 4.78 is 22.5. The van der Waals surface area contributed by atoms with E-state index in [4.69, 9.17) is 19.6 Å². The van der Waals surface area contributed by atoms with Crippen molar-refractivity contribution in [3.05, 3.63) is 0 Å². The van der Waals surface area contributed by atoms with Gasteiger partial charge in [0.1, 0.15) is 0 Å². The van der Waals surface area contributed by atoms with Crippen LogP contribution >= 0.6 is 15.2 Å². The van der Waals surface area contributed by atoms with Gasteiger partial charge in [-0.25, -0.2) is 0 Å². The molecule has 0 unspecified atom stereocenters. The molecule has 112 valence electrons. The van der Waals surface area contributed by atoms with Crippen LogP contribution in [0.3, 0.4) is 0 Å². The normalized spacial score (nSPS) is 19.7.